The van der Waals surface area contributed by atoms with Crippen molar-refractivity contribution in [2.75, 3.05) is 0 Å². The quantitative estimate of drug-likeness (QED) is 0.462. The van der Waals surface area contributed by atoms with E-state index in [9.17, 15) is 4.39 Å². The maximum atomic E-state index is 14.2. The van der Waals surface area contributed by atoms with E-state index in [1.165, 1.54) is 12.0 Å². The summed E-state index contributed by atoms with van der Waals surface area (Å²) in [5.41, 5.74) is 1.35. The van der Waals surface area contributed by atoms with Gasteiger partial charge in [-0.2, -0.15) is 0 Å². The van der Waals surface area contributed by atoms with Crippen molar-refractivity contribution >= 4 is 11.6 Å². The van der Waals surface area contributed by atoms with Gasteiger partial charge in [-0.05, 0) is 43.9 Å². The predicted molar refractivity (Wildman–Crippen MR) is 67.5 cm³/mol. The number of allylic oxidation sites excluding steroid dienone is 2. The molecule has 0 aromatic carbocycles. The van der Waals surface area contributed by atoms with Crippen LogP contribution >= 0.6 is 11.6 Å². The molecule has 1 saturated carbocycles. The van der Waals surface area contributed by atoms with E-state index in [0.717, 1.165) is 31.6 Å². The van der Waals surface area contributed by atoms with E-state index in [1.54, 1.807) is 0 Å². The molecule has 0 bridgehead atoms. The fourth-order valence-electron chi connectivity index (χ4n) is 3.01. The molecule has 0 aliphatic heterocycles. The van der Waals surface area contributed by atoms with E-state index in [1.807, 2.05) is 0 Å². The minimum absolute atomic E-state index is 0.117. The molecule has 2 rings (SSSR count). The van der Waals surface area contributed by atoms with Crippen LogP contribution in [0.3, 0.4) is 0 Å². The molecule has 0 heterocycles. The summed E-state index contributed by atoms with van der Waals surface area (Å²) in [6, 6.07) is 0. The summed E-state index contributed by atoms with van der Waals surface area (Å²) in [4.78, 5) is 0. The van der Waals surface area contributed by atoms with Crippen molar-refractivity contribution in [3.63, 3.8) is 0 Å². The van der Waals surface area contributed by atoms with Crippen LogP contribution in [0.15, 0.2) is 11.6 Å². The molecule has 0 radical (unpaired) electrons. The van der Waals surface area contributed by atoms with Crippen LogP contribution in [-0.2, 0) is 0 Å². The van der Waals surface area contributed by atoms with E-state index in [4.69, 9.17) is 11.6 Å². The lowest BCUT2D eigenvalue weighted by atomic mass is 9.74. The van der Waals surface area contributed by atoms with Crippen LogP contribution in [-0.4, -0.2) is 11.5 Å². The minimum Gasteiger partial charge on any atom is -0.245 e. The van der Waals surface area contributed by atoms with Crippen molar-refractivity contribution in [2.24, 2.45) is 17.8 Å². The van der Waals surface area contributed by atoms with Gasteiger partial charge in [-0.1, -0.05) is 25.5 Å². The smallest absolute Gasteiger partial charge is 0.123 e. The molecule has 0 amide bonds. The normalized spacial score (nSPS) is 45.2. The molecule has 2 aliphatic rings. The van der Waals surface area contributed by atoms with E-state index in [0.29, 0.717) is 5.92 Å². The van der Waals surface area contributed by atoms with Crippen molar-refractivity contribution in [2.45, 2.75) is 57.5 Å². The van der Waals surface area contributed by atoms with Crippen LogP contribution in [0.5, 0.6) is 0 Å². The Balaban J connectivity index is 2.04. The second-order valence-electron chi connectivity index (χ2n) is 5.71. The molecule has 0 N–H and O–H groups in total. The zero-order chi connectivity index (χ0) is 11.7. The Morgan fingerprint density at radius 1 is 1.25 bits per heavy atom. The van der Waals surface area contributed by atoms with Gasteiger partial charge in [0.1, 0.15) is 6.17 Å². The van der Waals surface area contributed by atoms with Gasteiger partial charge in [0.2, 0.25) is 0 Å². The van der Waals surface area contributed by atoms with Crippen molar-refractivity contribution in [3.05, 3.63) is 11.6 Å². The van der Waals surface area contributed by atoms with Crippen molar-refractivity contribution in [1.82, 2.24) is 0 Å². The lowest BCUT2D eigenvalue weighted by molar-refractivity contribution is 0.155. The summed E-state index contributed by atoms with van der Waals surface area (Å²) in [7, 11) is 0. The van der Waals surface area contributed by atoms with E-state index >= 15 is 0 Å². The highest BCUT2D eigenvalue weighted by molar-refractivity contribution is 6.21. The van der Waals surface area contributed by atoms with Crippen molar-refractivity contribution < 1.29 is 4.39 Å². The molecule has 1 fully saturated rings. The van der Waals surface area contributed by atoms with Gasteiger partial charge in [-0.25, -0.2) is 4.39 Å². The molecule has 5 atom stereocenters. The van der Waals surface area contributed by atoms with Crippen LogP contribution in [0.1, 0.15) is 46.0 Å². The van der Waals surface area contributed by atoms with E-state index in [2.05, 4.69) is 19.9 Å². The van der Waals surface area contributed by atoms with Crippen molar-refractivity contribution in [1.29, 1.82) is 0 Å². The Labute approximate surface area is 103 Å². The summed E-state index contributed by atoms with van der Waals surface area (Å²) in [6.45, 7) is 4.34. The molecule has 0 aromatic rings. The van der Waals surface area contributed by atoms with Crippen LogP contribution in [0.2, 0.25) is 0 Å². The average molecular weight is 245 g/mol. The fraction of sp³-hybridized carbons (Fsp3) is 0.857. The summed E-state index contributed by atoms with van der Waals surface area (Å²) in [6.07, 6.45) is 6.95. The van der Waals surface area contributed by atoms with E-state index < -0.39 is 6.17 Å². The van der Waals surface area contributed by atoms with Crippen molar-refractivity contribution in [3.8, 4) is 0 Å². The molecule has 0 saturated heterocycles. The standard InChI is InChI=1S/C14H22ClF/c1-9-3-6-11(7-4-9)12-8-5-10(2)13(15)14(12)16/h6,9-10,12-14H,3-5,7-8H2,1-2H3. The lowest BCUT2D eigenvalue weighted by Crippen LogP contribution is -2.37. The number of hydrogen-bond donors (Lipinski definition) is 0. The van der Waals surface area contributed by atoms with Crippen LogP contribution in [0.4, 0.5) is 4.39 Å². The highest BCUT2D eigenvalue weighted by atomic mass is 35.5. The zero-order valence-electron chi connectivity index (χ0n) is 10.3. The second-order valence-corrected chi connectivity index (χ2v) is 6.21. The predicted octanol–water partition coefficient (Wildman–Crippen LogP) is 4.72. The Kier molecular flexibility index (Phi) is 3.94. The summed E-state index contributed by atoms with van der Waals surface area (Å²) >= 11 is 6.16. The SMILES string of the molecule is CC1CC=C(C2CCC(C)C(Cl)C2F)CC1. The first-order chi connectivity index (χ1) is 7.59. The molecule has 5 unspecified atom stereocenters. The molecule has 2 heteroatoms. The Hall–Kier alpha value is -0.0400. The van der Waals surface area contributed by atoms with Gasteiger partial charge in [-0.15, -0.1) is 11.6 Å². The Morgan fingerprint density at radius 2 is 2.00 bits per heavy atom. The second kappa shape index (κ2) is 5.08. The third-order valence-corrected chi connectivity index (χ3v) is 5.02. The number of alkyl halides is 2. The minimum atomic E-state index is -0.829. The van der Waals surface area contributed by atoms with Gasteiger partial charge < -0.3 is 0 Å². The first kappa shape index (κ1) is 12.4. The highest BCUT2D eigenvalue weighted by Crippen LogP contribution is 2.41. The van der Waals surface area contributed by atoms with Gasteiger partial charge >= 0.3 is 0 Å². The van der Waals surface area contributed by atoms with Gasteiger partial charge in [0.15, 0.2) is 0 Å². The molecule has 2 aliphatic carbocycles. The first-order valence-corrected chi connectivity index (χ1v) is 7.00. The maximum absolute atomic E-state index is 14.2. The molecular weight excluding hydrogens is 223 g/mol. The zero-order valence-corrected chi connectivity index (χ0v) is 11.0. The number of hydrogen-bond acceptors (Lipinski definition) is 0. The number of rotatable bonds is 1. The third kappa shape index (κ3) is 2.45. The van der Waals surface area contributed by atoms with Crippen LogP contribution in [0.25, 0.3) is 0 Å². The van der Waals surface area contributed by atoms with Crippen LogP contribution in [0, 0.1) is 17.8 Å². The summed E-state index contributed by atoms with van der Waals surface area (Å²) in [5.74, 6) is 1.22. The molecule has 16 heavy (non-hydrogen) atoms. The van der Waals surface area contributed by atoms with E-state index in [-0.39, 0.29) is 11.3 Å². The lowest BCUT2D eigenvalue weighted by Gasteiger charge is -2.37. The molecule has 0 spiro atoms. The average Bonchev–Trinajstić information content (AvgIpc) is 2.28. The van der Waals surface area contributed by atoms with Gasteiger partial charge in [0.25, 0.3) is 0 Å². The molecule has 0 aromatic heterocycles. The summed E-state index contributed by atoms with van der Waals surface area (Å²) in [5, 5.41) is -0.279. The Bertz CT molecular complexity index is 274. The molecular formula is C14H22ClF. The monoisotopic (exact) mass is 244 g/mol. The number of halogens is 2. The van der Waals surface area contributed by atoms with Gasteiger partial charge in [-0.3, -0.25) is 0 Å². The maximum Gasteiger partial charge on any atom is 0.123 e. The summed E-state index contributed by atoms with van der Waals surface area (Å²) < 4.78 is 14.2. The van der Waals surface area contributed by atoms with Crippen LogP contribution < -0.4 is 0 Å². The largest absolute Gasteiger partial charge is 0.245 e. The molecule has 0 nitrogen and oxygen atoms in total. The highest BCUT2D eigenvalue weighted by Gasteiger charge is 2.38. The van der Waals surface area contributed by atoms with Gasteiger partial charge in [0, 0.05) is 5.92 Å². The first-order valence-electron chi connectivity index (χ1n) is 6.56. The Morgan fingerprint density at radius 3 is 2.62 bits per heavy atom. The topological polar surface area (TPSA) is 0 Å². The van der Waals surface area contributed by atoms with Gasteiger partial charge in [0.05, 0.1) is 5.38 Å². The fourth-order valence-corrected chi connectivity index (χ4v) is 3.31. The third-order valence-electron chi connectivity index (χ3n) is 4.35. The molecule has 92 valence electrons.